The average molecular weight is 413 g/mol. The Balaban J connectivity index is 1.69. The van der Waals surface area contributed by atoms with Crippen molar-refractivity contribution in [3.63, 3.8) is 0 Å². The van der Waals surface area contributed by atoms with Crippen LogP contribution >= 0.6 is 23.1 Å². The number of halogens is 1. The van der Waals surface area contributed by atoms with E-state index in [9.17, 15) is 9.18 Å². The fourth-order valence-corrected chi connectivity index (χ4v) is 4.58. The second-order valence-electron chi connectivity index (χ2n) is 6.19. The molecule has 0 spiro atoms. The molecule has 4 rings (SSSR count). The molecule has 142 valence electrons. The molecule has 7 heteroatoms. The Morgan fingerprint density at radius 2 is 1.96 bits per heavy atom. The van der Waals surface area contributed by atoms with E-state index in [4.69, 9.17) is 4.74 Å². The summed E-state index contributed by atoms with van der Waals surface area (Å²) in [6.45, 7) is 0.412. The van der Waals surface area contributed by atoms with Crippen molar-refractivity contribution in [1.82, 2.24) is 9.55 Å². The second kappa shape index (κ2) is 8.16. The highest BCUT2D eigenvalue weighted by Gasteiger charge is 2.13. The van der Waals surface area contributed by atoms with Gasteiger partial charge in [-0.3, -0.25) is 9.36 Å². The summed E-state index contributed by atoms with van der Waals surface area (Å²) < 4.78 is 21.0. The van der Waals surface area contributed by atoms with Gasteiger partial charge in [0.25, 0.3) is 5.56 Å². The molecule has 0 bridgehead atoms. The van der Waals surface area contributed by atoms with Crippen molar-refractivity contribution in [3.8, 4) is 5.75 Å². The minimum atomic E-state index is -0.269. The van der Waals surface area contributed by atoms with Crippen molar-refractivity contribution in [2.75, 3.05) is 7.11 Å². The van der Waals surface area contributed by atoms with E-state index in [0.29, 0.717) is 27.7 Å². The molecule has 0 saturated carbocycles. The Bertz CT molecular complexity index is 1170. The Hall–Kier alpha value is -2.64. The molecule has 0 aliphatic rings. The van der Waals surface area contributed by atoms with Crippen molar-refractivity contribution in [3.05, 3.63) is 87.3 Å². The Kier molecular flexibility index (Phi) is 5.45. The number of hydrogen-bond acceptors (Lipinski definition) is 5. The third kappa shape index (κ3) is 3.95. The molecule has 4 nitrogen and oxygen atoms in total. The number of aromatic nitrogens is 2. The molecular weight excluding hydrogens is 395 g/mol. The monoisotopic (exact) mass is 412 g/mol. The Morgan fingerprint density at radius 3 is 2.71 bits per heavy atom. The van der Waals surface area contributed by atoms with Crippen LogP contribution in [0.2, 0.25) is 0 Å². The lowest BCUT2D eigenvalue weighted by Crippen LogP contribution is -2.23. The van der Waals surface area contributed by atoms with E-state index in [0.717, 1.165) is 16.9 Å². The van der Waals surface area contributed by atoms with Crippen LogP contribution in [0.4, 0.5) is 4.39 Å². The van der Waals surface area contributed by atoms with E-state index in [1.807, 2.05) is 41.8 Å². The van der Waals surface area contributed by atoms with Crippen molar-refractivity contribution < 1.29 is 9.13 Å². The molecular formula is C21H17FN2O2S2. The van der Waals surface area contributed by atoms with Gasteiger partial charge in [-0.2, -0.15) is 0 Å². The zero-order valence-electron chi connectivity index (χ0n) is 15.1. The Morgan fingerprint density at radius 1 is 1.14 bits per heavy atom. The van der Waals surface area contributed by atoms with Crippen molar-refractivity contribution >= 4 is 33.3 Å². The highest BCUT2D eigenvalue weighted by atomic mass is 32.2. The summed E-state index contributed by atoms with van der Waals surface area (Å²) in [5.74, 6) is 1.03. The molecule has 2 heterocycles. The summed E-state index contributed by atoms with van der Waals surface area (Å²) in [6, 6.07) is 15.9. The minimum absolute atomic E-state index is 0.0578. The normalized spacial score (nSPS) is 11.1. The van der Waals surface area contributed by atoms with Gasteiger partial charge in [0.15, 0.2) is 5.16 Å². The van der Waals surface area contributed by atoms with Gasteiger partial charge in [-0.1, -0.05) is 36.0 Å². The van der Waals surface area contributed by atoms with Gasteiger partial charge in [-0.05, 0) is 46.8 Å². The van der Waals surface area contributed by atoms with Crippen molar-refractivity contribution in [2.24, 2.45) is 0 Å². The molecule has 0 radical (unpaired) electrons. The Labute approximate surface area is 169 Å². The fraction of sp³-hybridized carbons (Fsp3) is 0.143. The molecule has 2 aromatic heterocycles. The average Bonchev–Trinajstić information content (AvgIpc) is 3.18. The highest BCUT2D eigenvalue weighted by Crippen LogP contribution is 2.25. The lowest BCUT2D eigenvalue weighted by Gasteiger charge is -2.12. The van der Waals surface area contributed by atoms with Crippen molar-refractivity contribution in [2.45, 2.75) is 17.5 Å². The van der Waals surface area contributed by atoms with Gasteiger partial charge in [-0.25, -0.2) is 9.37 Å². The zero-order valence-corrected chi connectivity index (χ0v) is 16.7. The van der Waals surface area contributed by atoms with Crippen LogP contribution in [0.1, 0.15) is 11.1 Å². The maximum atomic E-state index is 13.5. The van der Waals surface area contributed by atoms with Gasteiger partial charge in [-0.15, -0.1) is 11.3 Å². The molecule has 0 fully saturated rings. The predicted molar refractivity (Wildman–Crippen MR) is 112 cm³/mol. The standard InChI is InChI=1S/C21H17FN2O2S2/c1-26-17-7-5-14(6-8-17)12-24-20(25)19-18(9-10-27-19)23-21(24)28-13-15-3-2-4-16(22)11-15/h2-11H,12-13H2,1H3. The number of ether oxygens (including phenoxy) is 1. The molecule has 0 aliphatic carbocycles. The van der Waals surface area contributed by atoms with Crippen LogP contribution in [0, 0.1) is 5.82 Å². The minimum Gasteiger partial charge on any atom is -0.497 e. The first-order chi connectivity index (χ1) is 13.6. The highest BCUT2D eigenvalue weighted by molar-refractivity contribution is 7.98. The smallest absolute Gasteiger partial charge is 0.272 e. The van der Waals surface area contributed by atoms with Gasteiger partial charge in [0.05, 0.1) is 19.2 Å². The lowest BCUT2D eigenvalue weighted by molar-refractivity contribution is 0.414. The quantitative estimate of drug-likeness (QED) is 0.332. The SMILES string of the molecule is COc1ccc(Cn2c(SCc3cccc(F)c3)nc3ccsc3c2=O)cc1. The van der Waals surface area contributed by atoms with Gasteiger partial charge in [0, 0.05) is 5.75 Å². The number of thioether (sulfide) groups is 1. The molecule has 2 aromatic carbocycles. The predicted octanol–water partition coefficient (Wildman–Crippen LogP) is 4.95. The van der Waals surface area contributed by atoms with Crippen molar-refractivity contribution in [1.29, 1.82) is 0 Å². The molecule has 0 aliphatic heterocycles. The van der Waals surface area contributed by atoms with E-state index >= 15 is 0 Å². The number of fused-ring (bicyclic) bond motifs is 1. The molecule has 0 unspecified atom stereocenters. The topological polar surface area (TPSA) is 44.1 Å². The van der Waals surface area contributed by atoms with E-state index in [1.165, 1.54) is 35.2 Å². The largest absolute Gasteiger partial charge is 0.497 e. The van der Waals surface area contributed by atoms with Gasteiger partial charge >= 0.3 is 0 Å². The molecule has 28 heavy (non-hydrogen) atoms. The summed E-state index contributed by atoms with van der Waals surface area (Å²) in [7, 11) is 1.62. The molecule has 4 aromatic rings. The van der Waals surface area contributed by atoms with E-state index in [1.54, 1.807) is 17.7 Å². The molecule has 0 amide bonds. The number of rotatable bonds is 6. The van der Waals surface area contributed by atoms with Crippen LogP contribution in [0.3, 0.4) is 0 Å². The number of methoxy groups -OCH3 is 1. The summed E-state index contributed by atoms with van der Waals surface area (Å²) in [5, 5.41) is 2.49. The number of nitrogens with zero attached hydrogens (tertiary/aromatic N) is 2. The van der Waals surface area contributed by atoms with Crippen LogP contribution in [0.5, 0.6) is 5.75 Å². The van der Waals surface area contributed by atoms with Gasteiger partial charge in [0.2, 0.25) is 0 Å². The number of benzene rings is 2. The van der Waals surface area contributed by atoms with Crippen LogP contribution in [-0.4, -0.2) is 16.7 Å². The third-order valence-electron chi connectivity index (χ3n) is 4.29. The van der Waals surface area contributed by atoms with Crippen LogP contribution in [0.15, 0.2) is 69.9 Å². The van der Waals surface area contributed by atoms with Crippen LogP contribution in [0.25, 0.3) is 10.2 Å². The summed E-state index contributed by atoms with van der Waals surface area (Å²) in [4.78, 5) is 17.7. The first-order valence-corrected chi connectivity index (χ1v) is 10.5. The van der Waals surface area contributed by atoms with Crippen LogP contribution < -0.4 is 10.3 Å². The number of thiophene rings is 1. The first kappa shape index (κ1) is 18.7. The maximum Gasteiger partial charge on any atom is 0.272 e. The molecule has 0 N–H and O–H groups in total. The molecule has 0 atom stereocenters. The fourth-order valence-electron chi connectivity index (χ4n) is 2.86. The summed E-state index contributed by atoms with van der Waals surface area (Å²) in [5.41, 5.74) is 2.47. The maximum absolute atomic E-state index is 13.5. The van der Waals surface area contributed by atoms with Gasteiger partial charge in [0.1, 0.15) is 16.3 Å². The van der Waals surface area contributed by atoms with Gasteiger partial charge < -0.3 is 4.74 Å². The summed E-state index contributed by atoms with van der Waals surface area (Å²) >= 11 is 2.83. The lowest BCUT2D eigenvalue weighted by atomic mass is 10.2. The number of hydrogen-bond donors (Lipinski definition) is 0. The zero-order chi connectivity index (χ0) is 19.5. The van der Waals surface area contributed by atoms with E-state index < -0.39 is 0 Å². The second-order valence-corrected chi connectivity index (χ2v) is 8.05. The molecule has 0 saturated heterocycles. The van der Waals surface area contributed by atoms with Crippen LogP contribution in [-0.2, 0) is 12.3 Å². The third-order valence-corrected chi connectivity index (χ3v) is 6.23. The first-order valence-electron chi connectivity index (χ1n) is 8.62. The van der Waals surface area contributed by atoms with E-state index in [-0.39, 0.29) is 11.4 Å². The summed E-state index contributed by atoms with van der Waals surface area (Å²) in [6.07, 6.45) is 0. The van der Waals surface area contributed by atoms with E-state index in [2.05, 4.69) is 4.98 Å².